The Balaban J connectivity index is 2.27. The Morgan fingerprint density at radius 1 is 1.50 bits per heavy atom. The van der Waals surface area contributed by atoms with Crippen LogP contribution in [-0.2, 0) is 9.59 Å². The number of rotatable bonds is 2. The number of nitrogens with one attached hydrogen (secondary N) is 1. The van der Waals surface area contributed by atoms with Crippen molar-refractivity contribution in [1.82, 2.24) is 20.4 Å². The molecule has 1 aliphatic heterocycles. The van der Waals surface area contributed by atoms with Gasteiger partial charge in [0, 0.05) is 0 Å². The fraction of sp³-hybridized carbons (Fsp3) is 0.364. The predicted molar refractivity (Wildman–Crippen MR) is 60.3 cm³/mol. The number of imide groups is 1. The van der Waals surface area contributed by atoms with Crippen LogP contribution in [0, 0.1) is 0 Å². The highest BCUT2D eigenvalue weighted by Crippen LogP contribution is 2.13. The molecule has 1 aromatic heterocycles. The van der Waals surface area contributed by atoms with Gasteiger partial charge in [-0.15, -0.1) is 0 Å². The van der Waals surface area contributed by atoms with Crippen LogP contribution in [0.15, 0.2) is 18.5 Å². The van der Waals surface area contributed by atoms with E-state index in [1.165, 1.54) is 23.4 Å². The first-order chi connectivity index (χ1) is 8.63. The van der Waals surface area contributed by atoms with Gasteiger partial charge in [-0.2, -0.15) is 10.2 Å². The van der Waals surface area contributed by atoms with Gasteiger partial charge in [-0.05, 0) is 12.5 Å². The number of nitrogens with zero attached hydrogens (tertiary/aromatic N) is 3. The third-order valence-electron chi connectivity index (χ3n) is 2.73. The smallest absolute Gasteiger partial charge is 0.256 e. The molecule has 2 heterocycles. The van der Waals surface area contributed by atoms with Crippen molar-refractivity contribution < 1.29 is 14.4 Å². The van der Waals surface area contributed by atoms with E-state index in [2.05, 4.69) is 15.5 Å². The van der Waals surface area contributed by atoms with Gasteiger partial charge < -0.3 is 4.90 Å². The number of carbonyl (C=O) groups is 3. The summed E-state index contributed by atoms with van der Waals surface area (Å²) in [4.78, 5) is 36.4. The van der Waals surface area contributed by atoms with Crippen LogP contribution in [-0.4, -0.2) is 45.4 Å². The zero-order chi connectivity index (χ0) is 13.1. The maximum Gasteiger partial charge on any atom is 0.256 e. The third-order valence-corrected chi connectivity index (χ3v) is 2.73. The number of aromatic nitrogens is 2. The van der Waals surface area contributed by atoms with Gasteiger partial charge in [0.05, 0.1) is 18.0 Å². The van der Waals surface area contributed by atoms with E-state index in [1.807, 2.05) is 0 Å². The molecule has 0 radical (unpaired) electrons. The molecule has 1 aromatic rings. The lowest BCUT2D eigenvalue weighted by Crippen LogP contribution is -2.59. The second-order valence-electron chi connectivity index (χ2n) is 3.90. The first-order valence-electron chi connectivity index (χ1n) is 5.55. The highest BCUT2D eigenvalue weighted by Gasteiger charge is 2.35. The maximum atomic E-state index is 12.2. The zero-order valence-corrected chi connectivity index (χ0v) is 9.79. The molecule has 1 atom stereocenters. The highest BCUT2D eigenvalue weighted by atomic mass is 16.2. The average Bonchev–Trinajstić information content (AvgIpc) is 2.38. The fourth-order valence-electron chi connectivity index (χ4n) is 1.87. The summed E-state index contributed by atoms with van der Waals surface area (Å²) in [7, 11) is 0. The molecule has 2 rings (SSSR count). The van der Waals surface area contributed by atoms with Crippen LogP contribution in [0.1, 0.15) is 23.7 Å². The van der Waals surface area contributed by atoms with Crippen molar-refractivity contribution >= 4 is 17.7 Å². The Hall–Kier alpha value is -2.31. The van der Waals surface area contributed by atoms with Crippen LogP contribution in [0.5, 0.6) is 0 Å². The molecule has 1 N–H and O–H groups in total. The Labute approximate surface area is 103 Å². The largest absolute Gasteiger partial charge is 0.317 e. The minimum atomic E-state index is -0.622. The molecular formula is C11H12N4O3. The van der Waals surface area contributed by atoms with Crippen molar-refractivity contribution in [1.29, 1.82) is 0 Å². The molecule has 0 aliphatic carbocycles. The Bertz CT molecular complexity index is 488. The van der Waals surface area contributed by atoms with Crippen LogP contribution >= 0.6 is 0 Å². The summed E-state index contributed by atoms with van der Waals surface area (Å²) < 4.78 is 0. The lowest BCUT2D eigenvalue weighted by Gasteiger charge is -2.33. The van der Waals surface area contributed by atoms with Gasteiger partial charge in [0.15, 0.2) is 0 Å². The molecular weight excluding hydrogens is 236 g/mol. The molecule has 1 fully saturated rings. The van der Waals surface area contributed by atoms with Crippen LogP contribution in [0.2, 0.25) is 0 Å². The summed E-state index contributed by atoms with van der Waals surface area (Å²) in [5, 5.41) is 9.40. The molecule has 0 aromatic carbocycles. The third kappa shape index (κ3) is 2.20. The van der Waals surface area contributed by atoms with E-state index in [0.717, 1.165) is 0 Å². The number of amides is 3. The SMILES string of the molecule is CCC1C(=O)NC(=O)CN1C(=O)c1ccnnc1. The average molecular weight is 248 g/mol. The van der Waals surface area contributed by atoms with Crippen molar-refractivity contribution in [3.63, 3.8) is 0 Å². The maximum absolute atomic E-state index is 12.2. The molecule has 0 spiro atoms. The van der Waals surface area contributed by atoms with E-state index in [9.17, 15) is 14.4 Å². The normalized spacial score (nSPS) is 19.6. The molecule has 0 saturated carbocycles. The number of piperazine rings is 1. The minimum absolute atomic E-state index is 0.120. The van der Waals surface area contributed by atoms with Gasteiger partial charge in [-0.3, -0.25) is 19.7 Å². The first kappa shape index (κ1) is 12.2. The number of hydrogen-bond acceptors (Lipinski definition) is 5. The van der Waals surface area contributed by atoms with Crippen LogP contribution in [0.3, 0.4) is 0 Å². The van der Waals surface area contributed by atoms with E-state index in [-0.39, 0.29) is 12.5 Å². The standard InChI is InChI=1S/C11H12N4O3/c1-2-8-10(17)14-9(16)6-15(8)11(18)7-3-4-12-13-5-7/h3-5,8H,2,6H2,1H3,(H,14,16,17). The van der Waals surface area contributed by atoms with Crippen molar-refractivity contribution in [2.24, 2.45) is 0 Å². The van der Waals surface area contributed by atoms with Gasteiger partial charge in [-0.25, -0.2) is 0 Å². The topological polar surface area (TPSA) is 92.3 Å². The van der Waals surface area contributed by atoms with Crippen LogP contribution in [0.4, 0.5) is 0 Å². The quantitative estimate of drug-likeness (QED) is 0.702. The lowest BCUT2D eigenvalue weighted by atomic mass is 10.1. The molecule has 1 unspecified atom stereocenters. The van der Waals surface area contributed by atoms with E-state index < -0.39 is 17.9 Å². The molecule has 3 amide bonds. The minimum Gasteiger partial charge on any atom is -0.317 e. The number of carbonyl (C=O) groups excluding carboxylic acids is 3. The summed E-state index contributed by atoms with van der Waals surface area (Å²) in [6.45, 7) is 1.66. The van der Waals surface area contributed by atoms with Gasteiger partial charge >= 0.3 is 0 Å². The highest BCUT2D eigenvalue weighted by molar-refractivity contribution is 6.07. The van der Waals surface area contributed by atoms with Crippen LogP contribution < -0.4 is 5.32 Å². The molecule has 1 aliphatic rings. The molecule has 18 heavy (non-hydrogen) atoms. The Morgan fingerprint density at radius 2 is 2.28 bits per heavy atom. The lowest BCUT2D eigenvalue weighted by molar-refractivity contribution is -0.138. The summed E-state index contributed by atoms with van der Waals surface area (Å²) in [6, 6.07) is 0.877. The zero-order valence-electron chi connectivity index (χ0n) is 9.79. The molecule has 1 saturated heterocycles. The van der Waals surface area contributed by atoms with Crippen molar-refractivity contribution in [2.45, 2.75) is 19.4 Å². The Kier molecular flexibility index (Phi) is 3.31. The van der Waals surface area contributed by atoms with E-state index >= 15 is 0 Å². The van der Waals surface area contributed by atoms with Gasteiger partial charge in [-0.1, -0.05) is 6.92 Å². The summed E-state index contributed by atoms with van der Waals surface area (Å²) in [6.07, 6.45) is 3.15. The Morgan fingerprint density at radius 3 is 2.89 bits per heavy atom. The van der Waals surface area contributed by atoms with Crippen molar-refractivity contribution in [3.8, 4) is 0 Å². The molecule has 7 heteroatoms. The molecule has 94 valence electrons. The second-order valence-corrected chi connectivity index (χ2v) is 3.90. The summed E-state index contributed by atoms with van der Waals surface area (Å²) in [5.74, 6) is -1.30. The second kappa shape index (κ2) is 4.91. The molecule has 7 nitrogen and oxygen atoms in total. The van der Waals surface area contributed by atoms with Gasteiger partial charge in [0.2, 0.25) is 11.8 Å². The first-order valence-corrected chi connectivity index (χ1v) is 5.55. The van der Waals surface area contributed by atoms with Gasteiger partial charge in [0.25, 0.3) is 5.91 Å². The summed E-state index contributed by atoms with van der Waals surface area (Å²) >= 11 is 0. The predicted octanol–water partition coefficient (Wildman–Crippen LogP) is -0.646. The molecule has 0 bridgehead atoms. The number of hydrogen-bond donors (Lipinski definition) is 1. The van der Waals surface area contributed by atoms with Crippen molar-refractivity contribution in [3.05, 3.63) is 24.0 Å². The van der Waals surface area contributed by atoms with Crippen LogP contribution in [0.25, 0.3) is 0 Å². The van der Waals surface area contributed by atoms with Gasteiger partial charge in [0.1, 0.15) is 12.6 Å². The van der Waals surface area contributed by atoms with E-state index in [4.69, 9.17) is 0 Å². The monoisotopic (exact) mass is 248 g/mol. The van der Waals surface area contributed by atoms with E-state index in [0.29, 0.717) is 12.0 Å². The fourth-order valence-corrected chi connectivity index (χ4v) is 1.87. The van der Waals surface area contributed by atoms with Crippen molar-refractivity contribution in [2.75, 3.05) is 6.54 Å². The summed E-state index contributed by atoms with van der Waals surface area (Å²) in [5.41, 5.74) is 0.311. The van der Waals surface area contributed by atoms with E-state index in [1.54, 1.807) is 6.92 Å².